The third-order valence-corrected chi connectivity index (χ3v) is 3.42. The van der Waals surface area contributed by atoms with Crippen LogP contribution in [0.4, 0.5) is 0 Å². The maximum Gasteiger partial charge on any atom is 0.250 e. The smallest absolute Gasteiger partial charge is 0.250 e. The molecule has 1 aliphatic rings. The minimum Gasteiger partial charge on any atom is -0.488 e. The number of rotatable bonds is 6. The lowest BCUT2D eigenvalue weighted by Gasteiger charge is -2.17. The van der Waals surface area contributed by atoms with Crippen LogP contribution in [-0.2, 0) is 9.53 Å². The predicted octanol–water partition coefficient (Wildman–Crippen LogP) is 2.77. The molecule has 20 heavy (non-hydrogen) atoms. The second kappa shape index (κ2) is 7.45. The maximum absolute atomic E-state index is 12.0. The van der Waals surface area contributed by atoms with E-state index in [9.17, 15) is 4.79 Å². The summed E-state index contributed by atoms with van der Waals surface area (Å²) in [4.78, 5) is 12.0. The van der Waals surface area contributed by atoms with Gasteiger partial charge in [0.25, 0.3) is 5.91 Å². The van der Waals surface area contributed by atoms with E-state index in [1.54, 1.807) is 0 Å². The molecule has 0 saturated heterocycles. The molecular formula is C15H18BrNO3. The SMILES string of the molecule is CCOCCCNC(=O)C1=Cc2cc(Br)ccc2OC1. The van der Waals surface area contributed by atoms with Crippen molar-refractivity contribution >= 4 is 27.9 Å². The molecule has 0 bridgehead atoms. The van der Waals surface area contributed by atoms with Gasteiger partial charge in [0.05, 0.1) is 5.57 Å². The van der Waals surface area contributed by atoms with Crippen molar-refractivity contribution in [1.29, 1.82) is 0 Å². The summed E-state index contributed by atoms with van der Waals surface area (Å²) in [6, 6.07) is 5.76. The van der Waals surface area contributed by atoms with Gasteiger partial charge < -0.3 is 14.8 Å². The van der Waals surface area contributed by atoms with Crippen molar-refractivity contribution in [2.24, 2.45) is 0 Å². The van der Waals surface area contributed by atoms with Crippen LogP contribution < -0.4 is 10.1 Å². The molecule has 0 radical (unpaired) electrons. The molecule has 0 aromatic heterocycles. The highest BCUT2D eigenvalue weighted by molar-refractivity contribution is 9.10. The second-order valence-corrected chi connectivity index (χ2v) is 5.36. The standard InChI is InChI=1S/C15H18BrNO3/c1-2-19-7-3-6-17-15(18)12-8-11-9-13(16)4-5-14(11)20-10-12/h4-5,8-9H,2-3,6-7,10H2,1H3,(H,17,18). The average Bonchev–Trinajstić information content (AvgIpc) is 2.46. The number of halogens is 1. The Bertz CT molecular complexity index is 514. The van der Waals surface area contributed by atoms with Crippen LogP contribution in [-0.4, -0.2) is 32.3 Å². The molecule has 108 valence electrons. The summed E-state index contributed by atoms with van der Waals surface area (Å²) >= 11 is 3.41. The molecular weight excluding hydrogens is 322 g/mol. The van der Waals surface area contributed by atoms with E-state index in [2.05, 4.69) is 21.2 Å². The first kappa shape index (κ1) is 15.1. The minimum atomic E-state index is -0.0767. The highest BCUT2D eigenvalue weighted by atomic mass is 79.9. The molecule has 4 nitrogen and oxygen atoms in total. The van der Waals surface area contributed by atoms with E-state index >= 15 is 0 Å². The fourth-order valence-corrected chi connectivity index (χ4v) is 2.29. The number of fused-ring (bicyclic) bond motifs is 1. The van der Waals surface area contributed by atoms with Crippen LogP contribution in [0.15, 0.2) is 28.2 Å². The molecule has 1 aromatic rings. The molecule has 2 rings (SSSR count). The average molecular weight is 340 g/mol. The number of hydrogen-bond donors (Lipinski definition) is 1. The Labute approximate surface area is 127 Å². The van der Waals surface area contributed by atoms with Crippen molar-refractivity contribution in [3.05, 3.63) is 33.8 Å². The van der Waals surface area contributed by atoms with Crippen LogP contribution in [0.5, 0.6) is 5.75 Å². The fourth-order valence-electron chi connectivity index (χ4n) is 1.91. The lowest BCUT2D eigenvalue weighted by Crippen LogP contribution is -2.29. The highest BCUT2D eigenvalue weighted by Gasteiger charge is 2.16. The first-order valence-corrected chi connectivity index (χ1v) is 7.49. The molecule has 0 fully saturated rings. The van der Waals surface area contributed by atoms with E-state index in [1.165, 1.54) is 0 Å². The largest absolute Gasteiger partial charge is 0.488 e. The van der Waals surface area contributed by atoms with Gasteiger partial charge in [-0.1, -0.05) is 15.9 Å². The van der Waals surface area contributed by atoms with E-state index in [0.717, 1.165) is 22.2 Å². The summed E-state index contributed by atoms with van der Waals surface area (Å²) in [6.45, 7) is 4.26. The summed E-state index contributed by atoms with van der Waals surface area (Å²) in [5.74, 6) is 0.730. The van der Waals surface area contributed by atoms with E-state index < -0.39 is 0 Å². The minimum absolute atomic E-state index is 0.0767. The molecule has 0 spiro atoms. The fraction of sp³-hybridized carbons (Fsp3) is 0.400. The third kappa shape index (κ3) is 4.08. The number of benzene rings is 1. The molecule has 1 N–H and O–H groups in total. The molecule has 0 saturated carbocycles. The zero-order valence-electron chi connectivity index (χ0n) is 11.4. The first-order chi connectivity index (χ1) is 9.70. The third-order valence-electron chi connectivity index (χ3n) is 2.93. The lowest BCUT2D eigenvalue weighted by molar-refractivity contribution is -0.117. The number of hydrogen-bond acceptors (Lipinski definition) is 3. The van der Waals surface area contributed by atoms with Crippen LogP contribution in [0.1, 0.15) is 18.9 Å². The molecule has 0 aliphatic carbocycles. The number of carbonyl (C=O) groups excluding carboxylic acids is 1. The van der Waals surface area contributed by atoms with E-state index in [-0.39, 0.29) is 5.91 Å². The van der Waals surface area contributed by atoms with E-state index in [1.807, 2.05) is 31.2 Å². The number of ether oxygens (including phenoxy) is 2. The highest BCUT2D eigenvalue weighted by Crippen LogP contribution is 2.29. The molecule has 1 heterocycles. The molecule has 0 unspecified atom stereocenters. The van der Waals surface area contributed by atoms with Crippen molar-refractivity contribution in [3.63, 3.8) is 0 Å². The van der Waals surface area contributed by atoms with Gasteiger partial charge in [0.2, 0.25) is 0 Å². The Morgan fingerprint density at radius 1 is 1.50 bits per heavy atom. The quantitative estimate of drug-likeness (QED) is 0.810. The van der Waals surface area contributed by atoms with Crippen molar-refractivity contribution in [3.8, 4) is 5.75 Å². The van der Waals surface area contributed by atoms with Crippen LogP contribution in [0, 0.1) is 0 Å². The van der Waals surface area contributed by atoms with Gasteiger partial charge in [-0.25, -0.2) is 0 Å². The van der Waals surface area contributed by atoms with E-state index in [0.29, 0.717) is 31.9 Å². The molecule has 1 amide bonds. The van der Waals surface area contributed by atoms with Gasteiger partial charge in [-0.15, -0.1) is 0 Å². The Kier molecular flexibility index (Phi) is 5.61. The Balaban J connectivity index is 1.91. The van der Waals surface area contributed by atoms with Gasteiger partial charge in [0.1, 0.15) is 12.4 Å². The van der Waals surface area contributed by atoms with Crippen LogP contribution in [0.2, 0.25) is 0 Å². The van der Waals surface area contributed by atoms with Crippen molar-refractivity contribution in [1.82, 2.24) is 5.32 Å². The monoisotopic (exact) mass is 339 g/mol. The van der Waals surface area contributed by atoms with Gasteiger partial charge >= 0.3 is 0 Å². The molecule has 5 heteroatoms. The van der Waals surface area contributed by atoms with Crippen molar-refractivity contribution in [2.45, 2.75) is 13.3 Å². The normalized spacial score (nSPS) is 13.2. The van der Waals surface area contributed by atoms with Gasteiger partial charge in [-0.05, 0) is 37.6 Å². The topological polar surface area (TPSA) is 47.6 Å². The van der Waals surface area contributed by atoms with Crippen molar-refractivity contribution < 1.29 is 14.3 Å². The predicted molar refractivity (Wildman–Crippen MR) is 81.7 cm³/mol. The van der Waals surface area contributed by atoms with Gasteiger partial charge in [0, 0.05) is 29.8 Å². The first-order valence-electron chi connectivity index (χ1n) is 6.69. The summed E-state index contributed by atoms with van der Waals surface area (Å²) in [5.41, 5.74) is 1.57. The summed E-state index contributed by atoms with van der Waals surface area (Å²) < 4.78 is 11.8. The zero-order valence-corrected chi connectivity index (χ0v) is 13.0. The number of carbonyl (C=O) groups is 1. The molecule has 0 atom stereocenters. The van der Waals surface area contributed by atoms with Gasteiger partial charge in [-0.3, -0.25) is 4.79 Å². The van der Waals surface area contributed by atoms with Crippen LogP contribution in [0.25, 0.3) is 6.08 Å². The Hall–Kier alpha value is -1.33. The number of amides is 1. The van der Waals surface area contributed by atoms with Crippen LogP contribution >= 0.6 is 15.9 Å². The van der Waals surface area contributed by atoms with Gasteiger partial charge in [0.15, 0.2) is 0 Å². The van der Waals surface area contributed by atoms with Crippen LogP contribution in [0.3, 0.4) is 0 Å². The summed E-state index contributed by atoms with van der Waals surface area (Å²) in [5, 5.41) is 2.88. The van der Waals surface area contributed by atoms with E-state index in [4.69, 9.17) is 9.47 Å². The number of nitrogens with one attached hydrogen (secondary N) is 1. The Morgan fingerprint density at radius 2 is 2.35 bits per heavy atom. The molecule has 1 aromatic carbocycles. The maximum atomic E-state index is 12.0. The zero-order chi connectivity index (χ0) is 14.4. The molecule has 1 aliphatic heterocycles. The lowest BCUT2D eigenvalue weighted by atomic mass is 10.1. The summed E-state index contributed by atoms with van der Waals surface area (Å²) in [7, 11) is 0. The second-order valence-electron chi connectivity index (χ2n) is 4.45. The Morgan fingerprint density at radius 3 is 3.15 bits per heavy atom. The van der Waals surface area contributed by atoms with Gasteiger partial charge in [-0.2, -0.15) is 0 Å². The summed E-state index contributed by atoms with van der Waals surface area (Å²) in [6.07, 6.45) is 2.69. The van der Waals surface area contributed by atoms with Crippen molar-refractivity contribution in [2.75, 3.05) is 26.4 Å².